The van der Waals surface area contributed by atoms with Gasteiger partial charge in [0.1, 0.15) is 12.7 Å². The van der Waals surface area contributed by atoms with Crippen LogP contribution in [-0.4, -0.2) is 31.3 Å². The van der Waals surface area contributed by atoms with Crippen LogP contribution in [0.15, 0.2) is 70.1 Å². The summed E-state index contributed by atoms with van der Waals surface area (Å²) in [5, 5.41) is 0. The van der Waals surface area contributed by atoms with Crippen LogP contribution >= 0.6 is 0 Å². The molecule has 1 aliphatic heterocycles. The molecule has 4 rings (SSSR count). The van der Waals surface area contributed by atoms with Crippen molar-refractivity contribution in [3.63, 3.8) is 0 Å². The van der Waals surface area contributed by atoms with Gasteiger partial charge < -0.3 is 13.6 Å². The van der Waals surface area contributed by atoms with Crippen LogP contribution in [0.5, 0.6) is 0 Å². The SMILES string of the molecule is CC1(C)COC(c2nc(C(O[Si](C)(C)C)c3ccccc3)oc2-c2ccccc2)=N1. The summed E-state index contributed by atoms with van der Waals surface area (Å²) in [6.45, 7) is 11.1. The van der Waals surface area contributed by atoms with E-state index in [1.165, 1.54) is 0 Å². The van der Waals surface area contributed by atoms with E-state index in [2.05, 4.69) is 19.6 Å². The maximum absolute atomic E-state index is 6.52. The van der Waals surface area contributed by atoms with Crippen molar-refractivity contribution in [2.24, 2.45) is 4.99 Å². The molecule has 0 N–H and O–H groups in total. The van der Waals surface area contributed by atoms with Crippen molar-refractivity contribution < 1.29 is 13.6 Å². The van der Waals surface area contributed by atoms with Crippen molar-refractivity contribution in [2.45, 2.75) is 45.1 Å². The molecular weight excluding hydrogens is 392 g/mol. The molecule has 1 aliphatic rings. The van der Waals surface area contributed by atoms with Gasteiger partial charge in [0.25, 0.3) is 0 Å². The highest BCUT2D eigenvalue weighted by atomic mass is 28.4. The Hall–Kier alpha value is -2.70. The standard InChI is InChI=1S/C24H28N2O3Si/c1-24(2)16-27-22(26-24)19-20(17-12-8-6-9-13-17)28-23(25-19)21(29-30(3,4)5)18-14-10-7-11-15-18/h6-15,21H,16H2,1-5H3. The normalized spacial score (nSPS) is 16.8. The molecule has 1 unspecified atom stereocenters. The number of rotatable bonds is 6. The predicted octanol–water partition coefficient (Wildman–Crippen LogP) is 5.84. The lowest BCUT2D eigenvalue weighted by atomic mass is 10.1. The van der Waals surface area contributed by atoms with Crippen LogP contribution in [0.3, 0.4) is 0 Å². The summed E-state index contributed by atoms with van der Waals surface area (Å²) in [5.41, 5.74) is 2.29. The first-order valence-corrected chi connectivity index (χ1v) is 13.6. The second-order valence-corrected chi connectivity index (χ2v) is 13.6. The Morgan fingerprint density at radius 3 is 2.17 bits per heavy atom. The fraction of sp³-hybridized carbons (Fsp3) is 0.333. The smallest absolute Gasteiger partial charge is 0.240 e. The van der Waals surface area contributed by atoms with E-state index < -0.39 is 8.32 Å². The van der Waals surface area contributed by atoms with Gasteiger partial charge in [-0.15, -0.1) is 0 Å². The van der Waals surface area contributed by atoms with Gasteiger partial charge >= 0.3 is 0 Å². The molecule has 0 spiro atoms. The summed E-state index contributed by atoms with van der Waals surface area (Å²) in [6, 6.07) is 20.0. The monoisotopic (exact) mass is 420 g/mol. The Balaban J connectivity index is 1.85. The van der Waals surface area contributed by atoms with Gasteiger partial charge in [0.2, 0.25) is 11.8 Å². The summed E-state index contributed by atoms with van der Waals surface area (Å²) < 4.78 is 18.8. The molecular formula is C24H28N2O3Si. The number of aliphatic imine (C=N–C) groups is 1. The average Bonchev–Trinajstić information content (AvgIpc) is 3.30. The van der Waals surface area contributed by atoms with Crippen LogP contribution in [0.4, 0.5) is 0 Å². The van der Waals surface area contributed by atoms with Crippen molar-refractivity contribution in [3.05, 3.63) is 77.8 Å². The topological polar surface area (TPSA) is 56.9 Å². The summed E-state index contributed by atoms with van der Waals surface area (Å²) >= 11 is 0. The Kier molecular flexibility index (Phi) is 5.38. The molecule has 156 valence electrons. The number of ether oxygens (including phenoxy) is 1. The minimum Gasteiger partial charge on any atom is -0.474 e. The van der Waals surface area contributed by atoms with Gasteiger partial charge in [-0.05, 0) is 39.1 Å². The Bertz CT molecular complexity index is 1040. The summed E-state index contributed by atoms with van der Waals surface area (Å²) in [4.78, 5) is 9.61. The van der Waals surface area contributed by atoms with E-state index in [0.717, 1.165) is 11.1 Å². The lowest BCUT2D eigenvalue weighted by Gasteiger charge is -2.24. The van der Waals surface area contributed by atoms with E-state index in [0.29, 0.717) is 29.8 Å². The molecule has 0 aliphatic carbocycles. The molecule has 5 nitrogen and oxygen atoms in total. The third-order valence-corrected chi connectivity index (χ3v) is 5.59. The second kappa shape index (κ2) is 7.85. The van der Waals surface area contributed by atoms with Crippen LogP contribution in [0.2, 0.25) is 19.6 Å². The van der Waals surface area contributed by atoms with Crippen molar-refractivity contribution in [3.8, 4) is 11.3 Å². The third kappa shape index (κ3) is 4.55. The zero-order valence-electron chi connectivity index (χ0n) is 18.2. The van der Waals surface area contributed by atoms with Crippen molar-refractivity contribution in [2.75, 3.05) is 6.61 Å². The molecule has 2 heterocycles. The van der Waals surface area contributed by atoms with E-state index in [4.69, 9.17) is 23.6 Å². The van der Waals surface area contributed by atoms with Gasteiger partial charge in [0.15, 0.2) is 19.8 Å². The minimum absolute atomic E-state index is 0.282. The van der Waals surface area contributed by atoms with E-state index >= 15 is 0 Å². The van der Waals surface area contributed by atoms with Gasteiger partial charge in [0, 0.05) is 5.56 Å². The molecule has 0 radical (unpaired) electrons. The number of aromatic nitrogens is 1. The lowest BCUT2D eigenvalue weighted by molar-refractivity contribution is 0.202. The zero-order chi connectivity index (χ0) is 21.4. The van der Waals surface area contributed by atoms with Gasteiger partial charge in [-0.1, -0.05) is 60.7 Å². The van der Waals surface area contributed by atoms with E-state index in [9.17, 15) is 0 Å². The molecule has 0 bridgehead atoms. The maximum Gasteiger partial charge on any atom is 0.240 e. The van der Waals surface area contributed by atoms with E-state index in [1.54, 1.807) is 0 Å². The minimum atomic E-state index is -1.89. The summed E-state index contributed by atoms with van der Waals surface area (Å²) in [6.07, 6.45) is -0.385. The Morgan fingerprint density at radius 2 is 1.60 bits per heavy atom. The molecule has 2 aromatic carbocycles. The predicted molar refractivity (Wildman–Crippen MR) is 121 cm³/mol. The molecule has 6 heteroatoms. The van der Waals surface area contributed by atoms with Crippen LogP contribution in [0, 0.1) is 0 Å². The summed E-state index contributed by atoms with van der Waals surface area (Å²) in [5.74, 6) is 1.70. The maximum atomic E-state index is 6.52. The zero-order valence-corrected chi connectivity index (χ0v) is 19.2. The van der Waals surface area contributed by atoms with Crippen LogP contribution in [0.25, 0.3) is 11.3 Å². The van der Waals surface area contributed by atoms with Gasteiger partial charge in [-0.25, -0.2) is 9.98 Å². The molecule has 3 aromatic rings. The fourth-order valence-corrected chi connectivity index (χ4v) is 4.27. The van der Waals surface area contributed by atoms with Gasteiger partial charge in [-0.3, -0.25) is 0 Å². The number of hydrogen-bond acceptors (Lipinski definition) is 5. The van der Waals surface area contributed by atoms with Crippen molar-refractivity contribution in [1.29, 1.82) is 0 Å². The second-order valence-electron chi connectivity index (χ2n) is 9.13. The number of benzene rings is 2. The highest BCUT2D eigenvalue weighted by Gasteiger charge is 2.34. The first kappa shape index (κ1) is 20.6. The third-order valence-electron chi connectivity index (χ3n) is 4.65. The van der Waals surface area contributed by atoms with Crippen molar-refractivity contribution in [1.82, 2.24) is 4.98 Å². The molecule has 0 amide bonds. The molecule has 30 heavy (non-hydrogen) atoms. The quantitative estimate of drug-likeness (QED) is 0.470. The van der Waals surface area contributed by atoms with Gasteiger partial charge in [-0.2, -0.15) is 0 Å². The van der Waals surface area contributed by atoms with Gasteiger partial charge in [0.05, 0.1) is 5.54 Å². The first-order chi connectivity index (χ1) is 14.2. The number of nitrogens with zero attached hydrogens (tertiary/aromatic N) is 2. The molecule has 0 saturated carbocycles. The van der Waals surface area contributed by atoms with E-state index in [1.807, 2.05) is 74.5 Å². The fourth-order valence-electron chi connectivity index (χ4n) is 3.33. The first-order valence-electron chi connectivity index (χ1n) is 10.2. The molecule has 1 aromatic heterocycles. The van der Waals surface area contributed by atoms with Crippen LogP contribution in [-0.2, 0) is 9.16 Å². The highest BCUT2D eigenvalue weighted by Crippen LogP contribution is 2.35. The average molecular weight is 421 g/mol. The van der Waals surface area contributed by atoms with Crippen LogP contribution in [0.1, 0.15) is 37.1 Å². The van der Waals surface area contributed by atoms with E-state index in [-0.39, 0.29) is 11.6 Å². The number of oxazole rings is 1. The molecule has 0 fully saturated rings. The van der Waals surface area contributed by atoms with Crippen LogP contribution < -0.4 is 0 Å². The molecule has 0 saturated heterocycles. The Labute approximate surface area is 178 Å². The highest BCUT2D eigenvalue weighted by molar-refractivity contribution is 6.69. The lowest BCUT2D eigenvalue weighted by Crippen LogP contribution is -2.28. The number of hydrogen-bond donors (Lipinski definition) is 0. The van der Waals surface area contributed by atoms with Crippen molar-refractivity contribution >= 4 is 14.2 Å². The molecule has 1 atom stereocenters. The summed E-state index contributed by atoms with van der Waals surface area (Å²) in [7, 11) is -1.89. The largest absolute Gasteiger partial charge is 0.474 e. The Morgan fingerprint density at radius 1 is 0.967 bits per heavy atom.